The van der Waals surface area contributed by atoms with E-state index in [1.807, 2.05) is 28.7 Å². The highest BCUT2D eigenvalue weighted by molar-refractivity contribution is 14.1. The fourth-order valence-corrected chi connectivity index (χ4v) is 2.22. The molecular formula is C14H12BrIN2O4. The predicted octanol–water partition coefficient (Wildman–Crippen LogP) is 3.18. The maximum absolute atomic E-state index is 11.6. The summed E-state index contributed by atoms with van der Waals surface area (Å²) in [5.74, 6) is 1.20. The first-order chi connectivity index (χ1) is 10.6. The summed E-state index contributed by atoms with van der Waals surface area (Å²) in [6.45, 7) is -0.170. The number of ether oxygens (including phenoxy) is 2. The van der Waals surface area contributed by atoms with Crippen molar-refractivity contribution in [3.05, 3.63) is 44.3 Å². The fraction of sp³-hybridized carbons (Fsp3) is 0.143. The quantitative estimate of drug-likeness (QED) is 0.393. The molecule has 2 aromatic rings. The lowest BCUT2D eigenvalue weighted by Crippen LogP contribution is -2.24. The minimum absolute atomic E-state index is 0.170. The van der Waals surface area contributed by atoms with Crippen molar-refractivity contribution >= 4 is 50.6 Å². The second kappa shape index (κ2) is 8.18. The Labute approximate surface area is 149 Å². The molecular weight excluding hydrogens is 467 g/mol. The summed E-state index contributed by atoms with van der Waals surface area (Å²) in [5, 5.41) is 3.80. The maximum Gasteiger partial charge on any atom is 0.277 e. The molecule has 116 valence electrons. The Morgan fingerprint density at radius 2 is 2.18 bits per heavy atom. The highest BCUT2D eigenvalue weighted by atomic mass is 127. The summed E-state index contributed by atoms with van der Waals surface area (Å²) in [6.07, 6.45) is 1.41. The Balaban J connectivity index is 1.83. The molecule has 0 saturated carbocycles. The van der Waals surface area contributed by atoms with Crippen LogP contribution < -0.4 is 14.9 Å². The number of hydrogen-bond donors (Lipinski definition) is 1. The number of methoxy groups -OCH3 is 1. The average Bonchev–Trinajstić information content (AvgIpc) is 2.84. The summed E-state index contributed by atoms with van der Waals surface area (Å²) >= 11 is 5.36. The van der Waals surface area contributed by atoms with E-state index in [2.05, 4.69) is 26.5 Å². The van der Waals surface area contributed by atoms with Gasteiger partial charge < -0.3 is 13.9 Å². The fourth-order valence-electron chi connectivity index (χ4n) is 1.51. The van der Waals surface area contributed by atoms with Crippen LogP contribution in [0.2, 0.25) is 0 Å². The number of rotatable bonds is 6. The van der Waals surface area contributed by atoms with E-state index >= 15 is 0 Å². The van der Waals surface area contributed by atoms with Crippen LogP contribution in [0.3, 0.4) is 0 Å². The lowest BCUT2D eigenvalue weighted by Gasteiger charge is -2.08. The van der Waals surface area contributed by atoms with Crippen molar-refractivity contribution in [3.63, 3.8) is 0 Å². The Morgan fingerprint density at radius 1 is 1.45 bits per heavy atom. The van der Waals surface area contributed by atoms with Gasteiger partial charge in [-0.1, -0.05) is 12.1 Å². The van der Waals surface area contributed by atoms with Gasteiger partial charge in [0.25, 0.3) is 5.91 Å². The van der Waals surface area contributed by atoms with E-state index in [0.717, 1.165) is 4.47 Å². The van der Waals surface area contributed by atoms with Crippen LogP contribution in [0.25, 0.3) is 0 Å². The van der Waals surface area contributed by atoms with Crippen LogP contribution in [0, 0.1) is 3.77 Å². The van der Waals surface area contributed by atoms with Crippen LogP contribution in [-0.2, 0) is 4.79 Å². The van der Waals surface area contributed by atoms with Crippen molar-refractivity contribution in [1.29, 1.82) is 0 Å². The zero-order valence-electron chi connectivity index (χ0n) is 11.5. The normalized spacial score (nSPS) is 10.7. The summed E-state index contributed by atoms with van der Waals surface area (Å²) in [4.78, 5) is 11.6. The van der Waals surface area contributed by atoms with Crippen LogP contribution in [0.15, 0.2) is 44.3 Å². The van der Waals surface area contributed by atoms with E-state index < -0.39 is 0 Å². The second-order valence-corrected chi connectivity index (χ2v) is 5.84. The molecule has 1 aromatic carbocycles. The molecule has 6 nitrogen and oxygen atoms in total. The first-order valence-electron chi connectivity index (χ1n) is 6.12. The zero-order chi connectivity index (χ0) is 15.9. The Morgan fingerprint density at radius 3 is 2.82 bits per heavy atom. The van der Waals surface area contributed by atoms with Crippen LogP contribution in [-0.4, -0.2) is 25.8 Å². The Hall–Kier alpha value is -1.55. The number of para-hydroxylation sites is 2. The van der Waals surface area contributed by atoms with E-state index in [4.69, 9.17) is 13.9 Å². The minimum atomic E-state index is -0.387. The average molecular weight is 479 g/mol. The van der Waals surface area contributed by atoms with Crippen molar-refractivity contribution in [2.24, 2.45) is 5.10 Å². The Kier molecular flexibility index (Phi) is 6.25. The SMILES string of the molecule is COc1ccccc1OCC(=O)N/N=C/c1cc(Br)c(I)o1. The van der Waals surface area contributed by atoms with Crippen LogP contribution in [0.4, 0.5) is 0 Å². The molecule has 0 aliphatic rings. The number of halogens is 2. The maximum atomic E-state index is 11.6. The molecule has 0 spiro atoms. The molecule has 1 heterocycles. The molecule has 0 atom stereocenters. The highest BCUT2D eigenvalue weighted by Gasteiger charge is 2.06. The van der Waals surface area contributed by atoms with Crippen molar-refractivity contribution in [3.8, 4) is 11.5 Å². The lowest BCUT2D eigenvalue weighted by molar-refractivity contribution is -0.123. The first kappa shape index (κ1) is 16.8. The number of furan rings is 1. The molecule has 0 fully saturated rings. The predicted molar refractivity (Wildman–Crippen MR) is 93.4 cm³/mol. The molecule has 1 amide bonds. The number of nitrogens with zero attached hydrogens (tertiary/aromatic N) is 1. The highest BCUT2D eigenvalue weighted by Crippen LogP contribution is 2.25. The van der Waals surface area contributed by atoms with E-state index in [1.54, 1.807) is 24.3 Å². The van der Waals surface area contributed by atoms with Gasteiger partial charge in [0, 0.05) is 28.7 Å². The van der Waals surface area contributed by atoms with Gasteiger partial charge in [-0.05, 0) is 28.1 Å². The molecule has 0 bridgehead atoms. The summed E-state index contributed by atoms with van der Waals surface area (Å²) in [5.41, 5.74) is 2.35. The third-order valence-corrected chi connectivity index (χ3v) is 4.60. The Bertz CT molecular complexity index is 668. The van der Waals surface area contributed by atoms with Gasteiger partial charge in [0.1, 0.15) is 5.76 Å². The van der Waals surface area contributed by atoms with Gasteiger partial charge >= 0.3 is 0 Å². The molecule has 2 rings (SSSR count). The summed E-state index contributed by atoms with van der Waals surface area (Å²) < 4.78 is 17.4. The topological polar surface area (TPSA) is 73.1 Å². The van der Waals surface area contributed by atoms with Crippen molar-refractivity contribution in [2.75, 3.05) is 13.7 Å². The van der Waals surface area contributed by atoms with E-state index in [-0.39, 0.29) is 12.5 Å². The minimum Gasteiger partial charge on any atom is -0.493 e. The number of amides is 1. The van der Waals surface area contributed by atoms with Gasteiger partial charge in [-0.2, -0.15) is 5.10 Å². The molecule has 0 aliphatic heterocycles. The third-order valence-electron chi connectivity index (χ3n) is 2.47. The lowest BCUT2D eigenvalue weighted by atomic mass is 10.3. The molecule has 0 aliphatic carbocycles. The molecule has 0 radical (unpaired) electrons. The van der Waals surface area contributed by atoms with E-state index in [9.17, 15) is 4.79 Å². The number of carbonyl (C=O) groups is 1. The second-order valence-electron chi connectivity index (χ2n) is 4.00. The van der Waals surface area contributed by atoms with Gasteiger partial charge in [0.05, 0.1) is 17.8 Å². The summed E-state index contributed by atoms with van der Waals surface area (Å²) in [7, 11) is 1.54. The van der Waals surface area contributed by atoms with Gasteiger partial charge in [0.15, 0.2) is 21.9 Å². The molecule has 8 heteroatoms. The van der Waals surface area contributed by atoms with E-state index in [0.29, 0.717) is 21.0 Å². The molecule has 0 unspecified atom stereocenters. The number of hydrazone groups is 1. The largest absolute Gasteiger partial charge is 0.493 e. The molecule has 0 saturated heterocycles. The van der Waals surface area contributed by atoms with Gasteiger partial charge in [0.2, 0.25) is 0 Å². The smallest absolute Gasteiger partial charge is 0.277 e. The van der Waals surface area contributed by atoms with Crippen molar-refractivity contribution in [1.82, 2.24) is 5.43 Å². The third kappa shape index (κ3) is 4.73. The van der Waals surface area contributed by atoms with Crippen LogP contribution in [0.5, 0.6) is 11.5 Å². The summed E-state index contributed by atoms with van der Waals surface area (Å²) in [6, 6.07) is 8.84. The molecule has 1 aromatic heterocycles. The number of hydrogen-bond acceptors (Lipinski definition) is 5. The number of nitrogens with one attached hydrogen (secondary N) is 1. The zero-order valence-corrected chi connectivity index (χ0v) is 15.3. The van der Waals surface area contributed by atoms with Crippen molar-refractivity contribution < 1.29 is 18.7 Å². The van der Waals surface area contributed by atoms with Crippen LogP contribution in [0.1, 0.15) is 5.76 Å². The van der Waals surface area contributed by atoms with Crippen molar-refractivity contribution in [2.45, 2.75) is 0 Å². The van der Waals surface area contributed by atoms with Gasteiger partial charge in [-0.15, -0.1) is 0 Å². The number of carbonyl (C=O) groups excluding carboxylic acids is 1. The van der Waals surface area contributed by atoms with Crippen LogP contribution >= 0.6 is 38.5 Å². The van der Waals surface area contributed by atoms with E-state index in [1.165, 1.54) is 13.3 Å². The molecule has 22 heavy (non-hydrogen) atoms. The standard InChI is InChI=1S/C14H12BrIN2O4/c1-20-11-4-2-3-5-12(11)21-8-13(19)18-17-7-9-6-10(15)14(16)22-9/h2-7H,8H2,1H3,(H,18,19)/b17-7+. The molecule has 1 N–H and O–H groups in total. The number of benzene rings is 1. The van der Waals surface area contributed by atoms with Gasteiger partial charge in [-0.3, -0.25) is 4.79 Å². The first-order valence-corrected chi connectivity index (χ1v) is 8.00. The monoisotopic (exact) mass is 478 g/mol. The van der Waals surface area contributed by atoms with Gasteiger partial charge in [-0.25, -0.2) is 5.43 Å².